The van der Waals surface area contributed by atoms with Crippen LogP contribution in [0.1, 0.15) is 11.7 Å². The Morgan fingerprint density at radius 2 is 2.00 bits per heavy atom. The Bertz CT molecular complexity index is 505. The van der Waals surface area contributed by atoms with Crippen LogP contribution in [-0.4, -0.2) is 21.2 Å². The molecule has 0 bridgehead atoms. The maximum Gasteiger partial charge on any atom is 0.337 e. The first-order valence-corrected chi connectivity index (χ1v) is 4.44. The molecule has 15 heavy (non-hydrogen) atoms. The highest BCUT2D eigenvalue weighted by Crippen LogP contribution is 2.22. The van der Waals surface area contributed by atoms with E-state index in [1.807, 2.05) is 6.07 Å². The SMILES string of the molecule is O=C(O)C(O)c1ccnc2ccccc12. The third-order valence-electron chi connectivity index (χ3n) is 2.21. The molecule has 0 fully saturated rings. The van der Waals surface area contributed by atoms with E-state index >= 15 is 0 Å². The predicted molar refractivity (Wildman–Crippen MR) is 54.3 cm³/mol. The maximum atomic E-state index is 10.7. The molecule has 1 aromatic carbocycles. The smallest absolute Gasteiger partial charge is 0.337 e. The van der Waals surface area contributed by atoms with Gasteiger partial charge < -0.3 is 10.2 Å². The molecule has 1 unspecified atom stereocenters. The van der Waals surface area contributed by atoms with Gasteiger partial charge in [0.15, 0.2) is 6.10 Å². The van der Waals surface area contributed by atoms with Crippen LogP contribution in [-0.2, 0) is 4.79 Å². The van der Waals surface area contributed by atoms with Crippen molar-refractivity contribution in [1.29, 1.82) is 0 Å². The van der Waals surface area contributed by atoms with E-state index in [9.17, 15) is 9.90 Å². The molecule has 0 aliphatic rings. The lowest BCUT2D eigenvalue weighted by atomic mass is 10.0. The monoisotopic (exact) mass is 203 g/mol. The summed E-state index contributed by atoms with van der Waals surface area (Å²) >= 11 is 0. The fourth-order valence-electron chi connectivity index (χ4n) is 1.49. The zero-order chi connectivity index (χ0) is 10.8. The van der Waals surface area contributed by atoms with Gasteiger partial charge in [0.05, 0.1) is 5.52 Å². The van der Waals surface area contributed by atoms with Crippen LogP contribution in [0.15, 0.2) is 36.5 Å². The van der Waals surface area contributed by atoms with Gasteiger partial charge in [0, 0.05) is 17.1 Å². The third-order valence-corrected chi connectivity index (χ3v) is 2.21. The third kappa shape index (κ3) is 1.67. The van der Waals surface area contributed by atoms with Gasteiger partial charge in [0.1, 0.15) is 0 Å². The van der Waals surface area contributed by atoms with Crippen molar-refractivity contribution in [2.75, 3.05) is 0 Å². The van der Waals surface area contributed by atoms with E-state index in [1.165, 1.54) is 12.3 Å². The van der Waals surface area contributed by atoms with Crippen molar-refractivity contribution >= 4 is 16.9 Å². The summed E-state index contributed by atoms with van der Waals surface area (Å²) in [6, 6.07) is 8.62. The van der Waals surface area contributed by atoms with Crippen molar-refractivity contribution in [3.05, 3.63) is 42.1 Å². The Kier molecular flexibility index (Phi) is 2.35. The molecule has 0 amide bonds. The number of aliphatic hydroxyl groups excluding tert-OH is 1. The largest absolute Gasteiger partial charge is 0.479 e. The molecule has 1 aromatic heterocycles. The number of carbonyl (C=O) groups is 1. The molecule has 0 radical (unpaired) electrons. The van der Waals surface area contributed by atoms with Gasteiger partial charge in [-0.25, -0.2) is 4.79 Å². The molecule has 4 nitrogen and oxygen atoms in total. The molecule has 76 valence electrons. The van der Waals surface area contributed by atoms with Gasteiger partial charge in [0.2, 0.25) is 0 Å². The lowest BCUT2D eigenvalue weighted by molar-refractivity contribution is -0.146. The molecule has 0 aliphatic carbocycles. The summed E-state index contributed by atoms with van der Waals surface area (Å²) in [5.41, 5.74) is 1.04. The van der Waals surface area contributed by atoms with Crippen LogP contribution in [0.25, 0.3) is 10.9 Å². The first kappa shape index (κ1) is 9.61. The van der Waals surface area contributed by atoms with Crippen LogP contribution in [0.5, 0.6) is 0 Å². The molecule has 1 atom stereocenters. The van der Waals surface area contributed by atoms with Gasteiger partial charge in [-0.3, -0.25) is 4.98 Å². The molecular weight excluding hydrogens is 194 g/mol. The number of pyridine rings is 1. The van der Waals surface area contributed by atoms with E-state index in [-0.39, 0.29) is 0 Å². The van der Waals surface area contributed by atoms with E-state index < -0.39 is 12.1 Å². The fraction of sp³-hybridized carbons (Fsp3) is 0.0909. The highest BCUT2D eigenvalue weighted by atomic mass is 16.4. The van der Waals surface area contributed by atoms with Crippen LogP contribution in [0.4, 0.5) is 0 Å². The topological polar surface area (TPSA) is 70.4 Å². The summed E-state index contributed by atoms with van der Waals surface area (Å²) in [6.07, 6.45) is -0.0120. The van der Waals surface area contributed by atoms with Gasteiger partial charge in [-0.1, -0.05) is 18.2 Å². The maximum absolute atomic E-state index is 10.7. The van der Waals surface area contributed by atoms with Crippen LogP contribution in [0.2, 0.25) is 0 Å². The number of hydrogen-bond donors (Lipinski definition) is 2. The summed E-state index contributed by atoms with van der Waals surface area (Å²) in [5, 5.41) is 18.9. The normalized spacial score (nSPS) is 12.6. The second kappa shape index (κ2) is 3.67. The molecule has 1 heterocycles. The lowest BCUT2D eigenvalue weighted by Crippen LogP contribution is -2.10. The average molecular weight is 203 g/mol. The molecule has 2 N–H and O–H groups in total. The quantitative estimate of drug-likeness (QED) is 0.772. The van der Waals surface area contributed by atoms with Crippen LogP contribution < -0.4 is 0 Å². The van der Waals surface area contributed by atoms with Crippen molar-refractivity contribution in [2.24, 2.45) is 0 Å². The molecule has 2 aromatic rings. The number of benzene rings is 1. The van der Waals surface area contributed by atoms with E-state index in [0.29, 0.717) is 16.5 Å². The van der Waals surface area contributed by atoms with Crippen molar-refractivity contribution in [2.45, 2.75) is 6.10 Å². The van der Waals surface area contributed by atoms with E-state index in [2.05, 4.69) is 4.98 Å². The standard InChI is InChI=1S/C11H9NO3/c13-10(11(14)15)8-5-6-12-9-4-2-1-3-7(8)9/h1-6,10,13H,(H,14,15). The Hall–Kier alpha value is -1.94. The summed E-state index contributed by atoms with van der Waals surface area (Å²) in [4.78, 5) is 14.8. The van der Waals surface area contributed by atoms with Crippen LogP contribution in [0.3, 0.4) is 0 Å². The van der Waals surface area contributed by atoms with Gasteiger partial charge in [-0.05, 0) is 12.1 Å². The van der Waals surface area contributed by atoms with Crippen molar-refractivity contribution in [3.63, 3.8) is 0 Å². The number of aliphatic hydroxyl groups is 1. The second-order valence-electron chi connectivity index (χ2n) is 3.16. The first-order valence-electron chi connectivity index (χ1n) is 4.44. The Labute approximate surface area is 85.8 Å². The minimum Gasteiger partial charge on any atom is -0.479 e. The molecule has 0 saturated carbocycles. The van der Waals surface area contributed by atoms with Gasteiger partial charge in [0.25, 0.3) is 0 Å². The lowest BCUT2D eigenvalue weighted by Gasteiger charge is -2.08. The van der Waals surface area contributed by atoms with Gasteiger partial charge in [-0.15, -0.1) is 0 Å². The fourth-order valence-corrected chi connectivity index (χ4v) is 1.49. The number of carboxylic acids is 1. The van der Waals surface area contributed by atoms with Crippen molar-refractivity contribution in [3.8, 4) is 0 Å². The number of hydrogen-bond acceptors (Lipinski definition) is 3. The second-order valence-corrected chi connectivity index (χ2v) is 3.16. The molecular formula is C11H9NO3. The minimum atomic E-state index is -1.50. The summed E-state index contributed by atoms with van der Waals surface area (Å²) in [7, 11) is 0. The number of para-hydroxylation sites is 1. The molecule has 2 rings (SSSR count). The summed E-state index contributed by atoms with van der Waals surface area (Å²) in [6.45, 7) is 0. The zero-order valence-electron chi connectivity index (χ0n) is 7.79. The highest BCUT2D eigenvalue weighted by molar-refractivity contribution is 5.87. The Balaban J connectivity index is 2.65. The number of rotatable bonds is 2. The number of nitrogens with zero attached hydrogens (tertiary/aromatic N) is 1. The Morgan fingerprint density at radius 3 is 2.73 bits per heavy atom. The summed E-state index contributed by atoms with van der Waals surface area (Å²) in [5.74, 6) is -1.26. The van der Waals surface area contributed by atoms with E-state index in [4.69, 9.17) is 5.11 Å². The van der Waals surface area contributed by atoms with Crippen LogP contribution in [0, 0.1) is 0 Å². The Morgan fingerprint density at radius 1 is 1.27 bits per heavy atom. The summed E-state index contributed by atoms with van der Waals surface area (Å²) < 4.78 is 0. The van der Waals surface area contributed by atoms with Crippen molar-refractivity contribution < 1.29 is 15.0 Å². The van der Waals surface area contributed by atoms with Crippen LogP contribution >= 0.6 is 0 Å². The van der Waals surface area contributed by atoms with E-state index in [0.717, 1.165) is 0 Å². The number of aliphatic carboxylic acids is 1. The van der Waals surface area contributed by atoms with Gasteiger partial charge in [-0.2, -0.15) is 0 Å². The van der Waals surface area contributed by atoms with E-state index in [1.54, 1.807) is 18.2 Å². The molecule has 0 spiro atoms. The zero-order valence-corrected chi connectivity index (χ0v) is 7.79. The first-order chi connectivity index (χ1) is 7.20. The number of fused-ring (bicyclic) bond motifs is 1. The molecule has 4 heteroatoms. The molecule has 0 aliphatic heterocycles. The minimum absolute atomic E-state index is 0.369. The van der Waals surface area contributed by atoms with Gasteiger partial charge >= 0.3 is 5.97 Å². The number of carboxylic acid groups (broad SMARTS) is 1. The average Bonchev–Trinajstić information content (AvgIpc) is 2.27. The highest BCUT2D eigenvalue weighted by Gasteiger charge is 2.18. The van der Waals surface area contributed by atoms with Crippen molar-refractivity contribution in [1.82, 2.24) is 4.98 Å². The predicted octanol–water partition coefficient (Wildman–Crippen LogP) is 1.35. The number of aromatic nitrogens is 1. The molecule has 0 saturated heterocycles.